The summed E-state index contributed by atoms with van der Waals surface area (Å²) >= 11 is 3.37. The molecule has 0 spiro atoms. The monoisotopic (exact) mass is 299 g/mol. The summed E-state index contributed by atoms with van der Waals surface area (Å²) in [4.78, 5) is 11.1. The zero-order chi connectivity index (χ0) is 12.4. The lowest BCUT2D eigenvalue weighted by Crippen LogP contribution is -2.42. The largest absolute Gasteiger partial charge is 0.480 e. The van der Waals surface area contributed by atoms with Gasteiger partial charge in [-0.1, -0.05) is 6.92 Å². The van der Waals surface area contributed by atoms with Gasteiger partial charge in [-0.2, -0.15) is 4.98 Å². The minimum Gasteiger partial charge on any atom is -0.480 e. The summed E-state index contributed by atoms with van der Waals surface area (Å²) < 4.78 is 6.01. The van der Waals surface area contributed by atoms with Crippen LogP contribution in [0.25, 0.3) is 0 Å². The topological polar surface area (TPSA) is 38.2 Å². The molecule has 1 aliphatic heterocycles. The zero-order valence-corrected chi connectivity index (χ0v) is 12.1. The first-order valence-electron chi connectivity index (χ1n) is 5.95. The van der Waals surface area contributed by atoms with E-state index in [2.05, 4.69) is 44.6 Å². The average molecular weight is 300 g/mol. The molecule has 0 radical (unpaired) electrons. The van der Waals surface area contributed by atoms with Gasteiger partial charge in [0, 0.05) is 12.6 Å². The van der Waals surface area contributed by atoms with E-state index in [0.29, 0.717) is 17.8 Å². The molecule has 5 heteroatoms. The Bertz CT molecular complexity index is 399. The van der Waals surface area contributed by atoms with E-state index >= 15 is 0 Å². The first-order valence-corrected chi connectivity index (χ1v) is 6.74. The zero-order valence-electron chi connectivity index (χ0n) is 10.5. The van der Waals surface area contributed by atoms with Gasteiger partial charge in [-0.3, -0.25) is 0 Å². The van der Waals surface area contributed by atoms with E-state index in [9.17, 15) is 0 Å². The van der Waals surface area contributed by atoms with E-state index < -0.39 is 0 Å². The molecule has 1 saturated heterocycles. The van der Waals surface area contributed by atoms with Crippen molar-refractivity contribution in [2.75, 3.05) is 18.6 Å². The number of rotatable bonds is 2. The highest BCUT2D eigenvalue weighted by molar-refractivity contribution is 9.10. The molecule has 0 aliphatic carbocycles. The molecule has 0 bridgehead atoms. The summed E-state index contributed by atoms with van der Waals surface area (Å²) in [6.07, 6.45) is 4.24. The number of methoxy groups -OCH3 is 1. The van der Waals surface area contributed by atoms with Crippen LogP contribution in [0.4, 0.5) is 5.95 Å². The van der Waals surface area contributed by atoms with Gasteiger partial charge in [0.2, 0.25) is 11.8 Å². The Kier molecular flexibility index (Phi) is 3.86. The fourth-order valence-electron chi connectivity index (χ4n) is 2.19. The Labute approximate surface area is 111 Å². The number of aromatic nitrogens is 2. The van der Waals surface area contributed by atoms with Crippen LogP contribution in [0.2, 0.25) is 0 Å². The highest BCUT2D eigenvalue weighted by Gasteiger charge is 2.25. The summed E-state index contributed by atoms with van der Waals surface area (Å²) in [7, 11) is 1.62. The van der Waals surface area contributed by atoms with Crippen LogP contribution in [0, 0.1) is 5.92 Å². The van der Waals surface area contributed by atoms with Gasteiger partial charge >= 0.3 is 0 Å². The lowest BCUT2D eigenvalue weighted by Gasteiger charge is -2.36. The summed E-state index contributed by atoms with van der Waals surface area (Å²) in [5, 5.41) is 0. The van der Waals surface area contributed by atoms with Gasteiger partial charge in [0.1, 0.15) is 0 Å². The van der Waals surface area contributed by atoms with Crippen molar-refractivity contribution in [3.8, 4) is 5.88 Å². The third-order valence-corrected chi connectivity index (χ3v) is 3.81. The summed E-state index contributed by atoms with van der Waals surface area (Å²) in [5.41, 5.74) is 0. The molecule has 1 aromatic heterocycles. The molecular weight excluding hydrogens is 282 g/mol. The fourth-order valence-corrected chi connectivity index (χ4v) is 2.54. The molecule has 2 unspecified atom stereocenters. The summed E-state index contributed by atoms with van der Waals surface area (Å²) in [5.74, 6) is 2.06. The third kappa shape index (κ3) is 2.70. The smallest absolute Gasteiger partial charge is 0.232 e. The normalized spacial score (nSPS) is 24.8. The molecule has 1 aliphatic rings. The average Bonchev–Trinajstić information content (AvgIpc) is 2.33. The highest BCUT2D eigenvalue weighted by Crippen LogP contribution is 2.28. The van der Waals surface area contributed by atoms with Crippen LogP contribution in [-0.2, 0) is 0 Å². The van der Waals surface area contributed by atoms with Crippen LogP contribution < -0.4 is 9.64 Å². The minimum atomic E-state index is 0.497. The Morgan fingerprint density at radius 2 is 2.18 bits per heavy atom. The molecule has 0 saturated carbocycles. The summed E-state index contributed by atoms with van der Waals surface area (Å²) in [6, 6.07) is 0.497. The lowest BCUT2D eigenvalue weighted by atomic mass is 9.95. The van der Waals surface area contributed by atoms with Crippen molar-refractivity contribution in [2.24, 2.45) is 5.92 Å². The van der Waals surface area contributed by atoms with E-state index in [-0.39, 0.29) is 0 Å². The van der Waals surface area contributed by atoms with Gasteiger partial charge in [0.15, 0.2) is 0 Å². The second kappa shape index (κ2) is 5.21. The molecule has 0 amide bonds. The fraction of sp³-hybridized carbons (Fsp3) is 0.667. The number of hydrogen-bond acceptors (Lipinski definition) is 4. The van der Waals surface area contributed by atoms with Crippen LogP contribution in [0.5, 0.6) is 5.88 Å². The van der Waals surface area contributed by atoms with Crippen molar-refractivity contribution in [3.05, 3.63) is 10.7 Å². The number of piperidine rings is 1. The maximum absolute atomic E-state index is 5.21. The van der Waals surface area contributed by atoms with Gasteiger partial charge in [-0.25, -0.2) is 4.98 Å². The van der Waals surface area contributed by atoms with Crippen molar-refractivity contribution < 1.29 is 4.74 Å². The molecular formula is C12H18BrN3O. The molecule has 2 heterocycles. The standard InChI is InChI=1S/C12H18BrN3O/c1-8-4-5-9(2)16(7-8)12-14-6-10(13)11(15-12)17-3/h6,8-9H,4-5,7H2,1-3H3. The Morgan fingerprint density at radius 1 is 1.41 bits per heavy atom. The summed E-state index contributed by atoms with van der Waals surface area (Å²) in [6.45, 7) is 5.52. The Morgan fingerprint density at radius 3 is 2.88 bits per heavy atom. The number of nitrogens with zero attached hydrogens (tertiary/aromatic N) is 3. The van der Waals surface area contributed by atoms with Crippen molar-refractivity contribution in [2.45, 2.75) is 32.7 Å². The first kappa shape index (κ1) is 12.6. The van der Waals surface area contributed by atoms with Crippen LogP contribution in [0.15, 0.2) is 10.7 Å². The van der Waals surface area contributed by atoms with Gasteiger partial charge in [0.25, 0.3) is 0 Å². The molecule has 1 aromatic rings. The van der Waals surface area contributed by atoms with Gasteiger partial charge in [-0.05, 0) is 41.6 Å². The van der Waals surface area contributed by atoms with Crippen molar-refractivity contribution in [3.63, 3.8) is 0 Å². The maximum Gasteiger partial charge on any atom is 0.232 e. The number of anilines is 1. The van der Waals surface area contributed by atoms with E-state index in [1.807, 2.05) is 0 Å². The molecule has 17 heavy (non-hydrogen) atoms. The second-order valence-electron chi connectivity index (χ2n) is 4.71. The molecule has 4 nitrogen and oxygen atoms in total. The number of hydrogen-bond donors (Lipinski definition) is 0. The predicted octanol–water partition coefficient (Wildman–Crippen LogP) is 2.87. The maximum atomic E-state index is 5.21. The molecule has 2 rings (SSSR count). The first-order chi connectivity index (χ1) is 8.11. The van der Waals surface area contributed by atoms with Gasteiger partial charge in [-0.15, -0.1) is 0 Å². The van der Waals surface area contributed by atoms with Crippen LogP contribution in [0.3, 0.4) is 0 Å². The van der Waals surface area contributed by atoms with Crippen LogP contribution in [-0.4, -0.2) is 29.7 Å². The number of ether oxygens (including phenoxy) is 1. The van der Waals surface area contributed by atoms with Crippen LogP contribution in [0.1, 0.15) is 26.7 Å². The molecule has 0 aromatic carbocycles. The Hall–Kier alpha value is -0.840. The van der Waals surface area contributed by atoms with Crippen molar-refractivity contribution in [1.29, 1.82) is 0 Å². The van der Waals surface area contributed by atoms with Crippen LogP contribution >= 0.6 is 15.9 Å². The third-order valence-electron chi connectivity index (χ3n) is 3.27. The van der Waals surface area contributed by atoms with Gasteiger partial charge in [0.05, 0.1) is 17.8 Å². The molecule has 94 valence electrons. The van der Waals surface area contributed by atoms with Gasteiger partial charge < -0.3 is 9.64 Å². The lowest BCUT2D eigenvalue weighted by molar-refractivity contribution is 0.375. The minimum absolute atomic E-state index is 0.497. The Balaban J connectivity index is 2.26. The molecule has 0 N–H and O–H groups in total. The quantitative estimate of drug-likeness (QED) is 0.842. The number of halogens is 1. The van der Waals surface area contributed by atoms with E-state index in [1.54, 1.807) is 13.3 Å². The SMILES string of the molecule is COc1nc(N2CC(C)CCC2C)ncc1Br. The predicted molar refractivity (Wildman–Crippen MR) is 71.5 cm³/mol. The molecule has 2 atom stereocenters. The highest BCUT2D eigenvalue weighted by atomic mass is 79.9. The second-order valence-corrected chi connectivity index (χ2v) is 5.57. The van der Waals surface area contributed by atoms with Crippen molar-refractivity contribution in [1.82, 2.24) is 9.97 Å². The van der Waals surface area contributed by atoms with E-state index in [4.69, 9.17) is 4.74 Å². The molecule has 1 fully saturated rings. The van der Waals surface area contributed by atoms with E-state index in [0.717, 1.165) is 17.0 Å². The van der Waals surface area contributed by atoms with Crippen molar-refractivity contribution >= 4 is 21.9 Å². The van der Waals surface area contributed by atoms with E-state index in [1.165, 1.54) is 12.8 Å².